The molecule has 0 saturated heterocycles. The maximum atomic E-state index is 13.3. The van der Waals surface area contributed by atoms with Crippen molar-refractivity contribution >= 4 is 23.2 Å². The Balaban J connectivity index is 1.93. The van der Waals surface area contributed by atoms with Crippen LogP contribution in [0.4, 0.5) is 20.2 Å². The Bertz CT molecular complexity index is 1110. The highest BCUT2D eigenvalue weighted by Gasteiger charge is 2.14. The second kappa shape index (κ2) is 8.42. The summed E-state index contributed by atoms with van der Waals surface area (Å²) in [5, 5.41) is 8.90. The van der Waals surface area contributed by atoms with Gasteiger partial charge in [0.1, 0.15) is 23.9 Å². The Hall–Kier alpha value is -3.88. The molecule has 2 amide bonds. The van der Waals surface area contributed by atoms with Crippen molar-refractivity contribution in [3.05, 3.63) is 76.6 Å². The van der Waals surface area contributed by atoms with Crippen LogP contribution in [0.15, 0.2) is 59.4 Å². The van der Waals surface area contributed by atoms with E-state index in [0.717, 1.165) is 16.8 Å². The molecule has 0 aliphatic rings. The van der Waals surface area contributed by atoms with E-state index in [-0.39, 0.29) is 11.4 Å². The van der Waals surface area contributed by atoms with Gasteiger partial charge in [0.25, 0.3) is 5.56 Å². The number of hydrogen-bond acceptors (Lipinski definition) is 4. The molecule has 7 nitrogen and oxygen atoms in total. The summed E-state index contributed by atoms with van der Waals surface area (Å²) < 4.78 is 27.4. The molecule has 0 saturated carbocycles. The standard InChI is InChI=1S/C20H16F2N4O3/c1-12(27)23-18-10-17(13-5-3-2-4-6-13)25-26(20(18)29)11-19(28)24-16-8-14(21)7-15(22)9-16/h2-10H,11H2,1H3,(H,23,27)(H,24,28). The minimum atomic E-state index is -0.852. The van der Waals surface area contributed by atoms with E-state index in [1.807, 2.05) is 0 Å². The Morgan fingerprint density at radius 3 is 2.28 bits per heavy atom. The maximum absolute atomic E-state index is 13.3. The number of rotatable bonds is 5. The highest BCUT2D eigenvalue weighted by Crippen LogP contribution is 2.18. The van der Waals surface area contributed by atoms with Gasteiger partial charge >= 0.3 is 0 Å². The minimum Gasteiger partial charge on any atom is -0.324 e. The van der Waals surface area contributed by atoms with Gasteiger partial charge in [0, 0.05) is 24.2 Å². The fraction of sp³-hybridized carbons (Fsp3) is 0.100. The predicted molar refractivity (Wildman–Crippen MR) is 103 cm³/mol. The van der Waals surface area contributed by atoms with Crippen molar-refractivity contribution < 1.29 is 18.4 Å². The van der Waals surface area contributed by atoms with Crippen LogP contribution in [0.3, 0.4) is 0 Å². The predicted octanol–water partition coefficient (Wildman–Crippen LogP) is 2.79. The van der Waals surface area contributed by atoms with Crippen molar-refractivity contribution in [1.29, 1.82) is 0 Å². The van der Waals surface area contributed by atoms with Crippen LogP contribution in [0.2, 0.25) is 0 Å². The number of amides is 2. The Morgan fingerprint density at radius 1 is 1.00 bits per heavy atom. The highest BCUT2D eigenvalue weighted by molar-refractivity contribution is 5.91. The van der Waals surface area contributed by atoms with Gasteiger partial charge in [-0.15, -0.1) is 0 Å². The number of carbonyl (C=O) groups is 2. The summed E-state index contributed by atoms with van der Waals surface area (Å²) in [5.41, 5.74) is 0.192. The normalized spacial score (nSPS) is 10.4. The summed E-state index contributed by atoms with van der Waals surface area (Å²) in [7, 11) is 0. The summed E-state index contributed by atoms with van der Waals surface area (Å²) in [6, 6.07) is 12.8. The zero-order chi connectivity index (χ0) is 21.0. The van der Waals surface area contributed by atoms with Crippen LogP contribution >= 0.6 is 0 Å². The number of anilines is 2. The lowest BCUT2D eigenvalue weighted by Gasteiger charge is -2.11. The smallest absolute Gasteiger partial charge is 0.291 e. The molecular weight excluding hydrogens is 382 g/mol. The van der Waals surface area contributed by atoms with Gasteiger partial charge in [-0.2, -0.15) is 5.10 Å². The molecule has 0 aliphatic carbocycles. The highest BCUT2D eigenvalue weighted by atomic mass is 19.1. The van der Waals surface area contributed by atoms with Crippen LogP contribution in [0.5, 0.6) is 0 Å². The molecule has 3 aromatic rings. The van der Waals surface area contributed by atoms with Gasteiger partial charge in [-0.1, -0.05) is 30.3 Å². The largest absolute Gasteiger partial charge is 0.324 e. The summed E-state index contributed by atoms with van der Waals surface area (Å²) >= 11 is 0. The quantitative estimate of drug-likeness (QED) is 0.691. The summed E-state index contributed by atoms with van der Waals surface area (Å²) in [6.07, 6.45) is 0. The van der Waals surface area contributed by atoms with Crippen molar-refractivity contribution in [2.45, 2.75) is 13.5 Å². The monoisotopic (exact) mass is 398 g/mol. The van der Waals surface area contributed by atoms with Gasteiger partial charge in [0.2, 0.25) is 11.8 Å². The lowest BCUT2D eigenvalue weighted by Crippen LogP contribution is -2.32. The molecule has 0 spiro atoms. The Morgan fingerprint density at radius 2 is 1.66 bits per heavy atom. The first-order valence-corrected chi connectivity index (χ1v) is 8.53. The average Bonchev–Trinajstić information content (AvgIpc) is 2.64. The third-order valence-corrected chi connectivity index (χ3v) is 3.79. The van der Waals surface area contributed by atoms with Gasteiger partial charge in [-0.05, 0) is 18.2 Å². The van der Waals surface area contributed by atoms with Gasteiger partial charge in [-0.25, -0.2) is 13.5 Å². The van der Waals surface area contributed by atoms with Crippen LogP contribution in [-0.4, -0.2) is 21.6 Å². The van der Waals surface area contributed by atoms with Crippen LogP contribution in [-0.2, 0) is 16.1 Å². The molecule has 0 bridgehead atoms. The van der Waals surface area contributed by atoms with Gasteiger partial charge in [0.05, 0.1) is 5.69 Å². The average molecular weight is 398 g/mol. The zero-order valence-electron chi connectivity index (χ0n) is 15.3. The first kappa shape index (κ1) is 19.9. The lowest BCUT2D eigenvalue weighted by molar-refractivity contribution is -0.117. The fourth-order valence-corrected chi connectivity index (χ4v) is 2.64. The topological polar surface area (TPSA) is 93.1 Å². The Labute approximate surface area is 164 Å². The number of carbonyl (C=O) groups excluding carboxylic acids is 2. The van der Waals surface area contributed by atoms with Gasteiger partial charge in [-0.3, -0.25) is 14.4 Å². The summed E-state index contributed by atoms with van der Waals surface area (Å²) in [6.45, 7) is 0.724. The molecule has 1 heterocycles. The van der Waals surface area contributed by atoms with Crippen LogP contribution in [0.1, 0.15) is 6.92 Å². The fourth-order valence-electron chi connectivity index (χ4n) is 2.64. The van der Waals surface area contributed by atoms with E-state index in [1.54, 1.807) is 30.3 Å². The number of hydrogen-bond donors (Lipinski definition) is 2. The van der Waals surface area contributed by atoms with E-state index < -0.39 is 35.6 Å². The molecule has 3 rings (SSSR count). The SMILES string of the molecule is CC(=O)Nc1cc(-c2ccccc2)nn(CC(=O)Nc2cc(F)cc(F)c2)c1=O. The first-order chi connectivity index (χ1) is 13.8. The zero-order valence-corrected chi connectivity index (χ0v) is 15.3. The molecule has 2 N–H and O–H groups in total. The summed E-state index contributed by atoms with van der Waals surface area (Å²) in [5.74, 6) is -2.88. The van der Waals surface area contributed by atoms with E-state index in [2.05, 4.69) is 15.7 Å². The number of nitrogens with one attached hydrogen (secondary N) is 2. The second-order valence-corrected chi connectivity index (χ2v) is 6.16. The van der Waals surface area contributed by atoms with E-state index >= 15 is 0 Å². The van der Waals surface area contributed by atoms with Gasteiger partial charge < -0.3 is 10.6 Å². The van der Waals surface area contributed by atoms with E-state index in [0.29, 0.717) is 17.3 Å². The van der Waals surface area contributed by atoms with E-state index in [4.69, 9.17) is 0 Å². The second-order valence-electron chi connectivity index (χ2n) is 6.16. The van der Waals surface area contributed by atoms with Crippen molar-refractivity contribution in [2.75, 3.05) is 10.6 Å². The molecule has 0 atom stereocenters. The lowest BCUT2D eigenvalue weighted by atomic mass is 10.1. The molecule has 148 valence electrons. The summed E-state index contributed by atoms with van der Waals surface area (Å²) in [4.78, 5) is 36.3. The first-order valence-electron chi connectivity index (χ1n) is 8.53. The van der Waals surface area contributed by atoms with Crippen molar-refractivity contribution in [2.24, 2.45) is 0 Å². The van der Waals surface area contributed by atoms with Crippen LogP contribution in [0.25, 0.3) is 11.3 Å². The van der Waals surface area contributed by atoms with Gasteiger partial charge in [0.15, 0.2) is 0 Å². The molecule has 0 fully saturated rings. The number of aromatic nitrogens is 2. The van der Waals surface area contributed by atoms with Crippen LogP contribution in [0, 0.1) is 11.6 Å². The molecule has 9 heteroatoms. The molecule has 29 heavy (non-hydrogen) atoms. The maximum Gasteiger partial charge on any atom is 0.291 e. The number of nitrogens with zero attached hydrogens (tertiary/aromatic N) is 2. The third kappa shape index (κ3) is 5.10. The van der Waals surface area contributed by atoms with Crippen molar-refractivity contribution in [3.8, 4) is 11.3 Å². The minimum absolute atomic E-state index is 0.0454. The number of benzene rings is 2. The van der Waals surface area contributed by atoms with E-state index in [1.165, 1.54) is 13.0 Å². The molecule has 0 radical (unpaired) electrons. The molecular formula is C20H16F2N4O3. The van der Waals surface area contributed by atoms with E-state index in [9.17, 15) is 23.2 Å². The third-order valence-electron chi connectivity index (χ3n) is 3.79. The van der Waals surface area contributed by atoms with Crippen molar-refractivity contribution in [3.63, 3.8) is 0 Å². The molecule has 0 unspecified atom stereocenters. The Kier molecular flexibility index (Phi) is 5.77. The number of halogens is 2. The van der Waals surface area contributed by atoms with Crippen molar-refractivity contribution in [1.82, 2.24) is 9.78 Å². The molecule has 1 aromatic heterocycles. The molecule has 0 aliphatic heterocycles. The van der Waals surface area contributed by atoms with Crippen LogP contribution < -0.4 is 16.2 Å². The molecule has 2 aromatic carbocycles.